The fraction of sp³-hybridized carbons (Fsp3) is 0.667. The molecule has 3 heteroatoms. The third kappa shape index (κ3) is 3.58. The Balaban J connectivity index is 1.31. The quantitative estimate of drug-likeness (QED) is 0.901. The van der Waals surface area contributed by atoms with Crippen LogP contribution in [0.15, 0.2) is 24.3 Å². The molecule has 3 aliphatic rings. The van der Waals surface area contributed by atoms with E-state index in [9.17, 15) is 0 Å². The molecule has 3 nitrogen and oxygen atoms in total. The first-order valence-corrected chi connectivity index (χ1v) is 8.55. The van der Waals surface area contributed by atoms with Gasteiger partial charge < -0.3 is 10.1 Å². The smallest absolute Gasteiger partial charge is 0.119 e. The van der Waals surface area contributed by atoms with Crippen molar-refractivity contribution in [2.24, 2.45) is 5.92 Å². The number of benzene rings is 1. The summed E-state index contributed by atoms with van der Waals surface area (Å²) in [5, 5.41) is 3.75. The second-order valence-corrected chi connectivity index (χ2v) is 7.06. The summed E-state index contributed by atoms with van der Waals surface area (Å²) in [6.45, 7) is 4.42. The minimum atomic E-state index is 0.721. The summed E-state index contributed by atoms with van der Waals surface area (Å²) in [5.41, 5.74) is 1.41. The van der Waals surface area contributed by atoms with E-state index >= 15 is 0 Å². The fourth-order valence-corrected chi connectivity index (χ4v) is 3.61. The van der Waals surface area contributed by atoms with Gasteiger partial charge in [0.05, 0.1) is 6.61 Å². The molecule has 0 spiro atoms. The monoisotopic (exact) mass is 286 g/mol. The van der Waals surface area contributed by atoms with Gasteiger partial charge >= 0.3 is 0 Å². The van der Waals surface area contributed by atoms with Crippen molar-refractivity contribution in [2.45, 2.75) is 50.7 Å². The standard InChI is InChI=1S/C18H26N2O/c1-2-15(1)13-21-18-7-3-14(4-8-18)11-20-10-9-16-5-6-17(12-20)19-16/h3-4,7-8,15-17,19H,1-2,5-6,9-13H2. The Morgan fingerprint density at radius 1 is 1.00 bits per heavy atom. The van der Waals surface area contributed by atoms with Gasteiger partial charge in [-0.15, -0.1) is 0 Å². The molecule has 0 aromatic heterocycles. The van der Waals surface area contributed by atoms with Crippen molar-refractivity contribution in [2.75, 3.05) is 19.7 Å². The molecule has 1 saturated carbocycles. The maximum absolute atomic E-state index is 5.81. The summed E-state index contributed by atoms with van der Waals surface area (Å²) in [6.07, 6.45) is 6.74. The van der Waals surface area contributed by atoms with Crippen molar-refractivity contribution in [3.63, 3.8) is 0 Å². The molecule has 2 bridgehead atoms. The van der Waals surface area contributed by atoms with E-state index in [1.54, 1.807) is 0 Å². The molecule has 0 amide bonds. The minimum Gasteiger partial charge on any atom is -0.493 e. The number of hydrogen-bond acceptors (Lipinski definition) is 3. The molecule has 1 aliphatic carbocycles. The predicted molar refractivity (Wildman–Crippen MR) is 84.5 cm³/mol. The Kier molecular flexibility index (Phi) is 3.87. The molecular formula is C18H26N2O. The minimum absolute atomic E-state index is 0.721. The number of likely N-dealkylation sites (tertiary alicyclic amines) is 1. The van der Waals surface area contributed by atoms with Gasteiger partial charge in [0.2, 0.25) is 0 Å². The van der Waals surface area contributed by atoms with Crippen molar-refractivity contribution in [3.05, 3.63) is 29.8 Å². The van der Waals surface area contributed by atoms with Crippen LogP contribution < -0.4 is 10.1 Å². The van der Waals surface area contributed by atoms with Crippen LogP contribution in [0.25, 0.3) is 0 Å². The molecule has 1 aromatic carbocycles. The van der Waals surface area contributed by atoms with Crippen molar-refractivity contribution in [3.8, 4) is 5.75 Å². The summed E-state index contributed by atoms with van der Waals surface area (Å²) in [5.74, 6) is 1.85. The highest BCUT2D eigenvalue weighted by molar-refractivity contribution is 5.27. The molecule has 2 heterocycles. The van der Waals surface area contributed by atoms with E-state index in [2.05, 4.69) is 34.5 Å². The van der Waals surface area contributed by atoms with Crippen LogP contribution >= 0.6 is 0 Å². The van der Waals surface area contributed by atoms with E-state index < -0.39 is 0 Å². The third-order valence-corrected chi connectivity index (χ3v) is 5.12. The highest BCUT2D eigenvalue weighted by Gasteiger charge is 2.29. The number of ether oxygens (including phenoxy) is 1. The van der Waals surface area contributed by atoms with Gasteiger partial charge in [0.1, 0.15) is 5.75 Å². The zero-order chi connectivity index (χ0) is 14.1. The van der Waals surface area contributed by atoms with Crippen molar-refractivity contribution < 1.29 is 4.74 Å². The second-order valence-electron chi connectivity index (χ2n) is 7.06. The maximum atomic E-state index is 5.81. The summed E-state index contributed by atoms with van der Waals surface area (Å²) in [6, 6.07) is 10.2. The van der Waals surface area contributed by atoms with Crippen LogP contribution in [0.2, 0.25) is 0 Å². The molecule has 2 aliphatic heterocycles. The normalized spacial score (nSPS) is 29.3. The van der Waals surface area contributed by atoms with Crippen molar-refractivity contribution in [1.82, 2.24) is 10.2 Å². The third-order valence-electron chi connectivity index (χ3n) is 5.12. The Labute approximate surface area is 127 Å². The summed E-state index contributed by atoms with van der Waals surface area (Å²) >= 11 is 0. The lowest BCUT2D eigenvalue weighted by Gasteiger charge is -2.24. The van der Waals surface area contributed by atoms with Crippen LogP contribution in [-0.4, -0.2) is 36.7 Å². The van der Waals surface area contributed by atoms with Gasteiger partial charge in [-0.25, -0.2) is 0 Å². The molecule has 3 fully saturated rings. The van der Waals surface area contributed by atoms with Gasteiger partial charge in [0, 0.05) is 31.7 Å². The largest absolute Gasteiger partial charge is 0.493 e. The van der Waals surface area contributed by atoms with Gasteiger partial charge in [-0.2, -0.15) is 0 Å². The molecule has 2 saturated heterocycles. The topological polar surface area (TPSA) is 24.5 Å². The average Bonchev–Trinajstić information content (AvgIpc) is 3.24. The van der Waals surface area contributed by atoms with Gasteiger partial charge in [-0.3, -0.25) is 4.90 Å². The molecule has 4 rings (SSSR count). The fourth-order valence-electron chi connectivity index (χ4n) is 3.61. The molecule has 0 radical (unpaired) electrons. The number of nitrogens with zero attached hydrogens (tertiary/aromatic N) is 1. The Hall–Kier alpha value is -1.06. The average molecular weight is 286 g/mol. The van der Waals surface area contributed by atoms with Gasteiger partial charge in [0.15, 0.2) is 0 Å². The summed E-state index contributed by atoms with van der Waals surface area (Å²) < 4.78 is 5.81. The zero-order valence-corrected chi connectivity index (χ0v) is 12.8. The van der Waals surface area contributed by atoms with Gasteiger partial charge in [-0.05, 0) is 55.7 Å². The van der Waals surface area contributed by atoms with Crippen LogP contribution in [0.5, 0.6) is 5.75 Å². The highest BCUT2D eigenvalue weighted by atomic mass is 16.5. The molecule has 21 heavy (non-hydrogen) atoms. The number of fused-ring (bicyclic) bond motifs is 2. The predicted octanol–water partition coefficient (Wildman–Crippen LogP) is 2.80. The van der Waals surface area contributed by atoms with Crippen LogP contribution in [-0.2, 0) is 6.54 Å². The van der Waals surface area contributed by atoms with E-state index in [0.717, 1.165) is 36.9 Å². The van der Waals surface area contributed by atoms with Crippen LogP contribution in [0.4, 0.5) is 0 Å². The van der Waals surface area contributed by atoms with E-state index in [1.165, 1.54) is 50.8 Å². The molecular weight excluding hydrogens is 260 g/mol. The summed E-state index contributed by atoms with van der Waals surface area (Å²) in [4.78, 5) is 2.61. The van der Waals surface area contributed by atoms with Crippen LogP contribution in [0.1, 0.15) is 37.7 Å². The molecule has 2 unspecified atom stereocenters. The van der Waals surface area contributed by atoms with E-state index in [1.807, 2.05) is 0 Å². The first-order chi connectivity index (χ1) is 10.3. The SMILES string of the molecule is c1cc(OCC2CC2)ccc1CN1CCC2CCC(C1)N2. The van der Waals surface area contributed by atoms with Crippen LogP contribution in [0, 0.1) is 5.92 Å². The lowest BCUT2D eigenvalue weighted by molar-refractivity contribution is 0.250. The first kappa shape index (κ1) is 13.6. The molecule has 1 N–H and O–H groups in total. The lowest BCUT2D eigenvalue weighted by atomic mass is 10.1. The first-order valence-electron chi connectivity index (χ1n) is 8.55. The van der Waals surface area contributed by atoms with E-state index in [-0.39, 0.29) is 0 Å². The lowest BCUT2D eigenvalue weighted by Crippen LogP contribution is -2.34. The Bertz CT molecular complexity index is 469. The second kappa shape index (κ2) is 5.98. The Morgan fingerprint density at radius 3 is 2.62 bits per heavy atom. The molecule has 114 valence electrons. The van der Waals surface area contributed by atoms with E-state index in [0.29, 0.717) is 0 Å². The van der Waals surface area contributed by atoms with Crippen molar-refractivity contribution in [1.29, 1.82) is 0 Å². The number of nitrogens with one attached hydrogen (secondary N) is 1. The summed E-state index contributed by atoms with van der Waals surface area (Å²) in [7, 11) is 0. The highest BCUT2D eigenvalue weighted by Crippen LogP contribution is 2.29. The van der Waals surface area contributed by atoms with Crippen LogP contribution in [0.3, 0.4) is 0 Å². The molecule has 2 atom stereocenters. The Morgan fingerprint density at radius 2 is 1.81 bits per heavy atom. The zero-order valence-electron chi connectivity index (χ0n) is 12.8. The van der Waals surface area contributed by atoms with Gasteiger partial charge in [-0.1, -0.05) is 12.1 Å². The number of rotatable bonds is 5. The molecule has 1 aromatic rings. The van der Waals surface area contributed by atoms with Gasteiger partial charge in [0.25, 0.3) is 0 Å². The van der Waals surface area contributed by atoms with Crippen molar-refractivity contribution >= 4 is 0 Å². The maximum Gasteiger partial charge on any atom is 0.119 e. The number of hydrogen-bond donors (Lipinski definition) is 1. The van der Waals surface area contributed by atoms with E-state index in [4.69, 9.17) is 4.74 Å².